The monoisotopic (exact) mass is 269 g/mol. The number of aryl methyl sites for hydroxylation is 1. The zero-order chi connectivity index (χ0) is 12.3. The van der Waals surface area contributed by atoms with Gasteiger partial charge < -0.3 is 4.90 Å². The molecule has 2 rings (SSSR count). The molecule has 1 aliphatic rings. The van der Waals surface area contributed by atoms with Gasteiger partial charge in [0.15, 0.2) is 0 Å². The molecule has 92 valence electrons. The molecule has 0 fully saturated rings. The fourth-order valence-electron chi connectivity index (χ4n) is 2.08. The van der Waals surface area contributed by atoms with Crippen LogP contribution in [-0.2, 0) is 6.42 Å². The Hall–Kier alpha value is -0.500. The molecule has 1 heterocycles. The van der Waals surface area contributed by atoms with Crippen molar-refractivity contribution in [3.8, 4) is 0 Å². The van der Waals surface area contributed by atoms with Crippen LogP contribution in [0.3, 0.4) is 0 Å². The van der Waals surface area contributed by atoms with Crippen LogP contribution in [0.4, 0.5) is 0 Å². The molecule has 1 aliphatic heterocycles. The summed E-state index contributed by atoms with van der Waals surface area (Å²) in [6.07, 6.45) is 5.58. The van der Waals surface area contributed by atoms with E-state index in [0.717, 1.165) is 31.5 Å². The van der Waals surface area contributed by atoms with Gasteiger partial charge in [-0.2, -0.15) is 0 Å². The first-order valence-corrected chi connectivity index (χ1v) is 6.72. The van der Waals surface area contributed by atoms with E-state index < -0.39 is 0 Å². The maximum absolute atomic E-state index is 6.17. The van der Waals surface area contributed by atoms with E-state index >= 15 is 0 Å². The van der Waals surface area contributed by atoms with Crippen LogP contribution in [0.2, 0.25) is 10.0 Å². The van der Waals surface area contributed by atoms with E-state index in [2.05, 4.69) is 24.1 Å². The highest BCUT2D eigenvalue weighted by molar-refractivity contribution is 6.42. The van der Waals surface area contributed by atoms with Crippen molar-refractivity contribution in [2.24, 2.45) is 0 Å². The smallest absolute Gasteiger partial charge is 0.0624 e. The number of likely N-dealkylation sites (N-methyl/N-ethyl adjacent to an activating group) is 1. The third kappa shape index (κ3) is 3.48. The quantitative estimate of drug-likeness (QED) is 0.744. The fraction of sp³-hybridized carbons (Fsp3) is 0.429. The Morgan fingerprint density at radius 1 is 1.24 bits per heavy atom. The van der Waals surface area contributed by atoms with Crippen LogP contribution in [0.15, 0.2) is 29.8 Å². The van der Waals surface area contributed by atoms with Gasteiger partial charge in [-0.25, -0.2) is 0 Å². The van der Waals surface area contributed by atoms with Gasteiger partial charge in [-0.3, -0.25) is 0 Å². The van der Waals surface area contributed by atoms with Crippen LogP contribution in [0.1, 0.15) is 18.4 Å². The molecule has 0 saturated carbocycles. The Kier molecular flexibility index (Phi) is 4.49. The molecular formula is C14H17Cl2N. The van der Waals surface area contributed by atoms with Crippen molar-refractivity contribution >= 4 is 23.2 Å². The van der Waals surface area contributed by atoms with E-state index in [1.54, 1.807) is 5.57 Å². The van der Waals surface area contributed by atoms with Gasteiger partial charge in [0.05, 0.1) is 10.0 Å². The summed E-state index contributed by atoms with van der Waals surface area (Å²) in [7, 11) is 2.15. The Balaban J connectivity index is 1.96. The number of hydrogen-bond acceptors (Lipinski definition) is 1. The summed E-state index contributed by atoms with van der Waals surface area (Å²) in [6.45, 7) is 2.23. The normalized spacial score (nSPS) is 17.0. The molecule has 0 aromatic heterocycles. The van der Waals surface area contributed by atoms with Crippen molar-refractivity contribution in [3.05, 3.63) is 45.5 Å². The highest BCUT2D eigenvalue weighted by Crippen LogP contribution is 2.27. The highest BCUT2D eigenvalue weighted by Gasteiger charge is 2.09. The molecule has 0 unspecified atom stereocenters. The van der Waals surface area contributed by atoms with E-state index in [4.69, 9.17) is 23.2 Å². The molecule has 1 aromatic rings. The van der Waals surface area contributed by atoms with Gasteiger partial charge in [0, 0.05) is 13.1 Å². The summed E-state index contributed by atoms with van der Waals surface area (Å²) in [5.74, 6) is 0. The second-order valence-electron chi connectivity index (χ2n) is 4.59. The van der Waals surface area contributed by atoms with Gasteiger partial charge in [0.25, 0.3) is 0 Å². The zero-order valence-corrected chi connectivity index (χ0v) is 11.6. The predicted octanol–water partition coefficient (Wildman–Crippen LogP) is 4.19. The summed E-state index contributed by atoms with van der Waals surface area (Å²) >= 11 is 12.2. The van der Waals surface area contributed by atoms with Crippen molar-refractivity contribution in [2.45, 2.75) is 19.3 Å². The van der Waals surface area contributed by atoms with E-state index in [9.17, 15) is 0 Å². The Morgan fingerprint density at radius 2 is 2.06 bits per heavy atom. The van der Waals surface area contributed by atoms with Crippen LogP contribution >= 0.6 is 23.2 Å². The van der Waals surface area contributed by atoms with Crippen molar-refractivity contribution in [1.29, 1.82) is 0 Å². The van der Waals surface area contributed by atoms with Crippen LogP contribution in [0.5, 0.6) is 0 Å². The maximum Gasteiger partial charge on any atom is 0.0624 e. The first-order chi connectivity index (χ1) is 8.16. The zero-order valence-electron chi connectivity index (χ0n) is 10.0. The lowest BCUT2D eigenvalue weighted by Crippen LogP contribution is -2.24. The number of rotatable bonds is 3. The summed E-state index contributed by atoms with van der Waals surface area (Å²) in [5, 5.41) is 1.37. The number of hydrogen-bond donors (Lipinski definition) is 0. The molecule has 0 amide bonds. The van der Waals surface area contributed by atoms with Gasteiger partial charge in [0.1, 0.15) is 0 Å². The topological polar surface area (TPSA) is 3.24 Å². The van der Waals surface area contributed by atoms with Crippen molar-refractivity contribution in [2.75, 3.05) is 20.1 Å². The van der Waals surface area contributed by atoms with E-state index in [-0.39, 0.29) is 0 Å². The fourth-order valence-corrected chi connectivity index (χ4v) is 2.49. The number of halogens is 2. The summed E-state index contributed by atoms with van der Waals surface area (Å²) in [4.78, 5) is 2.33. The van der Waals surface area contributed by atoms with Crippen molar-refractivity contribution in [3.63, 3.8) is 0 Å². The molecule has 1 nitrogen and oxygen atoms in total. The molecule has 1 aromatic carbocycles. The van der Waals surface area contributed by atoms with Gasteiger partial charge in [-0.15, -0.1) is 0 Å². The largest absolute Gasteiger partial charge is 0.302 e. The Bertz CT molecular complexity index is 426. The minimum atomic E-state index is 0.654. The van der Waals surface area contributed by atoms with Crippen LogP contribution in [-0.4, -0.2) is 25.0 Å². The molecule has 3 heteroatoms. The summed E-state index contributed by atoms with van der Waals surface area (Å²) in [5.41, 5.74) is 2.69. The molecule has 0 N–H and O–H groups in total. The molecule has 0 saturated heterocycles. The molecule has 0 bridgehead atoms. The molecule has 0 atom stereocenters. The third-order valence-electron chi connectivity index (χ3n) is 3.25. The lowest BCUT2D eigenvalue weighted by Gasteiger charge is -2.22. The average Bonchev–Trinajstić information content (AvgIpc) is 2.33. The number of nitrogens with zero attached hydrogens (tertiary/aromatic N) is 1. The van der Waals surface area contributed by atoms with E-state index in [0.29, 0.717) is 10.0 Å². The first kappa shape index (κ1) is 12.9. The van der Waals surface area contributed by atoms with Gasteiger partial charge in [-0.1, -0.05) is 47.0 Å². The average molecular weight is 270 g/mol. The van der Waals surface area contributed by atoms with E-state index in [1.165, 1.54) is 6.42 Å². The molecular weight excluding hydrogens is 253 g/mol. The highest BCUT2D eigenvalue weighted by atomic mass is 35.5. The summed E-state index contributed by atoms with van der Waals surface area (Å²) < 4.78 is 0. The predicted molar refractivity (Wildman–Crippen MR) is 75.0 cm³/mol. The van der Waals surface area contributed by atoms with Crippen molar-refractivity contribution in [1.82, 2.24) is 4.90 Å². The van der Waals surface area contributed by atoms with Gasteiger partial charge in [0.2, 0.25) is 0 Å². The molecule has 17 heavy (non-hydrogen) atoms. The third-order valence-corrected chi connectivity index (χ3v) is 4.11. The van der Waals surface area contributed by atoms with Gasteiger partial charge >= 0.3 is 0 Å². The molecule has 0 spiro atoms. The summed E-state index contributed by atoms with van der Waals surface area (Å²) in [6, 6.07) is 5.86. The SMILES string of the molecule is CN1CC=C(CCc2cccc(Cl)c2Cl)CC1. The van der Waals surface area contributed by atoms with Crippen LogP contribution in [0, 0.1) is 0 Å². The second-order valence-corrected chi connectivity index (χ2v) is 5.37. The van der Waals surface area contributed by atoms with Crippen LogP contribution < -0.4 is 0 Å². The molecule has 0 radical (unpaired) electrons. The standard InChI is InChI=1S/C14H17Cl2N/c1-17-9-7-11(8-10-17)5-6-12-3-2-4-13(15)14(12)16/h2-4,7H,5-6,8-10H2,1H3. The Labute approximate surface area is 113 Å². The Morgan fingerprint density at radius 3 is 2.76 bits per heavy atom. The second kappa shape index (κ2) is 5.90. The minimum absolute atomic E-state index is 0.654. The van der Waals surface area contributed by atoms with Crippen molar-refractivity contribution < 1.29 is 0 Å². The lowest BCUT2D eigenvalue weighted by atomic mass is 10.00. The lowest BCUT2D eigenvalue weighted by molar-refractivity contribution is 0.356. The van der Waals surface area contributed by atoms with E-state index in [1.807, 2.05) is 12.1 Å². The van der Waals surface area contributed by atoms with Gasteiger partial charge in [-0.05, 0) is 37.9 Å². The molecule has 0 aliphatic carbocycles. The van der Waals surface area contributed by atoms with Crippen LogP contribution in [0.25, 0.3) is 0 Å². The first-order valence-electron chi connectivity index (χ1n) is 5.96. The minimum Gasteiger partial charge on any atom is -0.302 e. The maximum atomic E-state index is 6.17. The number of benzene rings is 1.